The van der Waals surface area contributed by atoms with Crippen LogP contribution in [-0.4, -0.2) is 70.4 Å². The topological polar surface area (TPSA) is 236 Å². The quantitative estimate of drug-likeness (QED) is 0.113. The lowest BCUT2D eigenvalue weighted by molar-refractivity contribution is -0.144. The summed E-state index contributed by atoms with van der Waals surface area (Å²) in [6.07, 6.45) is 3.62. The number of rotatable bonds is 18. The standard InChI is InChI=1S/C28H43N7O6/c1-3-16(2)24(28(40)41)35-26(38)21(11-12-23(31)36)33-27(39)22(34-25(37)19(30)9-6-7-13-29)14-17-15-32-20-10-5-4-8-18(17)20/h4-5,8,10,15-16,19,21-22,24,32H,3,6-7,9,11-14,29-30H2,1-2H3,(H2,31,36)(H,33,39)(H,34,37)(H,35,38)(H,40,41). The number of H-pyrrole nitrogens is 1. The number of aromatic nitrogens is 1. The number of carbonyl (C=O) groups excluding carboxylic acids is 4. The number of carbonyl (C=O) groups is 5. The van der Waals surface area contributed by atoms with Gasteiger partial charge in [-0.2, -0.15) is 0 Å². The van der Waals surface area contributed by atoms with Gasteiger partial charge in [0.15, 0.2) is 0 Å². The Morgan fingerprint density at radius 3 is 2.24 bits per heavy atom. The summed E-state index contributed by atoms with van der Waals surface area (Å²) in [6, 6.07) is 2.98. The molecule has 5 unspecified atom stereocenters. The summed E-state index contributed by atoms with van der Waals surface area (Å²) in [7, 11) is 0. The Kier molecular flexibility index (Phi) is 13.2. The van der Waals surface area contributed by atoms with Gasteiger partial charge in [-0.1, -0.05) is 44.9 Å². The zero-order chi connectivity index (χ0) is 30.5. The van der Waals surface area contributed by atoms with Crippen molar-refractivity contribution in [2.24, 2.45) is 23.1 Å². The third-order valence-corrected chi connectivity index (χ3v) is 7.13. The Bertz CT molecular complexity index is 1200. The second kappa shape index (κ2) is 16.3. The zero-order valence-electron chi connectivity index (χ0n) is 23.7. The number of carboxylic acid groups (broad SMARTS) is 1. The van der Waals surface area contributed by atoms with Crippen LogP contribution >= 0.6 is 0 Å². The van der Waals surface area contributed by atoms with E-state index >= 15 is 0 Å². The first-order valence-corrected chi connectivity index (χ1v) is 13.9. The molecule has 0 aliphatic rings. The van der Waals surface area contributed by atoms with Gasteiger partial charge in [0.05, 0.1) is 6.04 Å². The smallest absolute Gasteiger partial charge is 0.326 e. The minimum atomic E-state index is -1.28. The highest BCUT2D eigenvalue weighted by Gasteiger charge is 2.32. The van der Waals surface area contributed by atoms with Gasteiger partial charge in [-0.25, -0.2) is 4.79 Å². The van der Waals surface area contributed by atoms with Gasteiger partial charge in [0.25, 0.3) is 0 Å². The lowest BCUT2D eigenvalue weighted by atomic mass is 9.98. The van der Waals surface area contributed by atoms with Crippen molar-refractivity contribution in [1.82, 2.24) is 20.9 Å². The highest BCUT2D eigenvalue weighted by atomic mass is 16.4. The van der Waals surface area contributed by atoms with E-state index < -0.39 is 59.7 Å². The number of para-hydroxylation sites is 1. The average molecular weight is 574 g/mol. The van der Waals surface area contributed by atoms with E-state index in [1.165, 1.54) is 0 Å². The summed E-state index contributed by atoms with van der Waals surface area (Å²) >= 11 is 0. The van der Waals surface area contributed by atoms with Crippen molar-refractivity contribution < 1.29 is 29.1 Å². The summed E-state index contributed by atoms with van der Waals surface area (Å²) in [5.74, 6) is -4.32. The molecule has 0 saturated carbocycles. The molecule has 1 heterocycles. The molecule has 4 amide bonds. The summed E-state index contributed by atoms with van der Waals surface area (Å²) in [6.45, 7) is 3.94. The fraction of sp³-hybridized carbons (Fsp3) is 0.536. The van der Waals surface area contributed by atoms with Gasteiger partial charge in [0, 0.05) is 29.9 Å². The number of nitrogens with one attached hydrogen (secondary N) is 4. The van der Waals surface area contributed by atoms with Gasteiger partial charge in [-0.05, 0) is 43.4 Å². The van der Waals surface area contributed by atoms with Crippen LogP contribution in [0.3, 0.4) is 0 Å². The Hall–Kier alpha value is -3.97. The maximum atomic E-state index is 13.6. The van der Waals surface area contributed by atoms with Crippen molar-refractivity contribution >= 4 is 40.5 Å². The van der Waals surface area contributed by atoms with Crippen molar-refractivity contribution in [3.63, 3.8) is 0 Å². The molecular weight excluding hydrogens is 530 g/mol. The molecule has 11 N–H and O–H groups in total. The number of primary amides is 1. The molecule has 1 aromatic carbocycles. The van der Waals surface area contributed by atoms with Crippen LogP contribution < -0.4 is 33.2 Å². The monoisotopic (exact) mass is 573 g/mol. The Labute approximate surface area is 239 Å². The highest BCUT2D eigenvalue weighted by Crippen LogP contribution is 2.19. The number of hydrogen-bond donors (Lipinski definition) is 8. The number of benzene rings is 1. The van der Waals surface area contributed by atoms with Gasteiger partial charge in [0.2, 0.25) is 23.6 Å². The number of nitrogens with two attached hydrogens (primary N) is 3. The molecule has 5 atom stereocenters. The molecule has 0 bridgehead atoms. The van der Waals surface area contributed by atoms with Crippen LogP contribution in [0.4, 0.5) is 0 Å². The number of aromatic amines is 1. The van der Waals surface area contributed by atoms with Crippen LogP contribution in [0.25, 0.3) is 10.9 Å². The van der Waals surface area contributed by atoms with Crippen molar-refractivity contribution in [2.75, 3.05) is 6.54 Å². The van der Waals surface area contributed by atoms with Crippen LogP contribution in [0.2, 0.25) is 0 Å². The van der Waals surface area contributed by atoms with Gasteiger partial charge >= 0.3 is 5.97 Å². The molecule has 0 saturated heterocycles. The second-order valence-electron chi connectivity index (χ2n) is 10.3. The minimum absolute atomic E-state index is 0.0753. The highest BCUT2D eigenvalue weighted by molar-refractivity contribution is 5.95. The van der Waals surface area contributed by atoms with E-state index in [9.17, 15) is 29.1 Å². The predicted octanol–water partition coefficient (Wildman–Crippen LogP) is 0.0173. The number of unbranched alkanes of at least 4 members (excludes halogenated alkanes) is 1. The van der Waals surface area contributed by atoms with E-state index in [1.807, 2.05) is 24.3 Å². The van der Waals surface area contributed by atoms with E-state index in [0.717, 1.165) is 16.5 Å². The SMILES string of the molecule is CCC(C)C(NC(=O)C(CCC(N)=O)NC(=O)C(Cc1c[nH]c2ccccc12)NC(=O)C(N)CCCCN)C(=O)O. The maximum absolute atomic E-state index is 13.6. The van der Waals surface area contributed by atoms with Gasteiger partial charge in [-0.3, -0.25) is 19.2 Å². The van der Waals surface area contributed by atoms with Gasteiger partial charge < -0.3 is 43.2 Å². The first-order valence-electron chi connectivity index (χ1n) is 13.9. The number of amides is 4. The fourth-order valence-corrected chi connectivity index (χ4v) is 4.41. The van der Waals surface area contributed by atoms with E-state index in [1.54, 1.807) is 20.0 Å². The first-order chi connectivity index (χ1) is 19.5. The number of fused-ring (bicyclic) bond motifs is 1. The fourth-order valence-electron chi connectivity index (χ4n) is 4.41. The Morgan fingerprint density at radius 2 is 1.61 bits per heavy atom. The second-order valence-corrected chi connectivity index (χ2v) is 10.3. The van der Waals surface area contributed by atoms with E-state index in [-0.39, 0.29) is 19.3 Å². The summed E-state index contributed by atoms with van der Waals surface area (Å²) in [4.78, 5) is 66.1. The normalized spacial score (nSPS) is 14.8. The van der Waals surface area contributed by atoms with Crippen LogP contribution in [0.15, 0.2) is 30.5 Å². The van der Waals surface area contributed by atoms with Crippen molar-refractivity contribution in [3.8, 4) is 0 Å². The largest absolute Gasteiger partial charge is 0.480 e. The Balaban J connectivity index is 2.31. The molecule has 13 nitrogen and oxygen atoms in total. The van der Waals surface area contributed by atoms with Crippen molar-refractivity contribution in [3.05, 3.63) is 36.0 Å². The van der Waals surface area contributed by atoms with Gasteiger partial charge in [0.1, 0.15) is 18.1 Å². The summed E-state index contributed by atoms with van der Waals surface area (Å²) < 4.78 is 0. The molecule has 2 rings (SSSR count). The molecule has 1 aromatic heterocycles. The third-order valence-electron chi connectivity index (χ3n) is 7.13. The predicted molar refractivity (Wildman–Crippen MR) is 154 cm³/mol. The number of aliphatic carboxylic acids is 1. The average Bonchev–Trinajstić information content (AvgIpc) is 3.35. The molecule has 0 aliphatic carbocycles. The number of hydrogen-bond acceptors (Lipinski definition) is 7. The first kappa shape index (κ1) is 33.2. The van der Waals surface area contributed by atoms with Crippen molar-refractivity contribution in [2.45, 2.75) is 83.0 Å². The molecule has 226 valence electrons. The van der Waals surface area contributed by atoms with Crippen LogP contribution in [0.5, 0.6) is 0 Å². The Morgan fingerprint density at radius 1 is 0.951 bits per heavy atom. The number of carboxylic acids is 1. The van der Waals surface area contributed by atoms with Crippen LogP contribution in [0, 0.1) is 5.92 Å². The molecule has 0 radical (unpaired) electrons. The molecule has 2 aromatic rings. The lowest BCUT2D eigenvalue weighted by Crippen LogP contribution is -2.58. The summed E-state index contributed by atoms with van der Waals surface area (Å²) in [5, 5.41) is 18.2. The van der Waals surface area contributed by atoms with E-state index in [4.69, 9.17) is 17.2 Å². The minimum Gasteiger partial charge on any atom is -0.480 e. The van der Waals surface area contributed by atoms with E-state index in [0.29, 0.717) is 32.2 Å². The summed E-state index contributed by atoms with van der Waals surface area (Å²) in [5.41, 5.74) is 18.5. The van der Waals surface area contributed by atoms with Crippen molar-refractivity contribution in [1.29, 1.82) is 0 Å². The maximum Gasteiger partial charge on any atom is 0.326 e. The van der Waals surface area contributed by atoms with E-state index in [2.05, 4.69) is 20.9 Å². The van der Waals surface area contributed by atoms with Crippen LogP contribution in [-0.2, 0) is 30.4 Å². The third kappa shape index (κ3) is 10.2. The molecule has 0 aliphatic heterocycles. The molecule has 41 heavy (non-hydrogen) atoms. The molecule has 13 heteroatoms. The van der Waals surface area contributed by atoms with Gasteiger partial charge in [-0.15, -0.1) is 0 Å². The molecule has 0 fully saturated rings. The molecule has 0 spiro atoms. The lowest BCUT2D eigenvalue weighted by Gasteiger charge is -2.26. The van der Waals surface area contributed by atoms with Crippen LogP contribution in [0.1, 0.15) is 57.9 Å². The zero-order valence-corrected chi connectivity index (χ0v) is 23.7. The molecular formula is C28H43N7O6.